The molecule has 2 aliphatic heterocycles. The van der Waals surface area contributed by atoms with E-state index < -0.39 is 0 Å². The van der Waals surface area contributed by atoms with Crippen molar-refractivity contribution in [3.8, 4) is 0 Å². The van der Waals surface area contributed by atoms with E-state index in [1.165, 1.54) is 6.42 Å². The van der Waals surface area contributed by atoms with Gasteiger partial charge in [0.05, 0.1) is 0 Å². The third-order valence-corrected chi connectivity index (χ3v) is 7.22. The van der Waals surface area contributed by atoms with E-state index >= 15 is 0 Å². The molecule has 1 unspecified atom stereocenters. The van der Waals surface area contributed by atoms with Crippen molar-refractivity contribution in [2.24, 2.45) is 5.92 Å². The zero-order valence-corrected chi connectivity index (χ0v) is 19.4. The molecular weight excluding hydrogens is 428 g/mol. The van der Waals surface area contributed by atoms with Crippen LogP contribution >= 0.6 is 11.6 Å². The largest absolute Gasteiger partial charge is 0.339 e. The van der Waals surface area contributed by atoms with Crippen LogP contribution in [0.5, 0.6) is 0 Å². The number of nitrogens with one attached hydrogen (secondary N) is 1. The first-order valence-corrected chi connectivity index (χ1v) is 12.3. The molecule has 0 bridgehead atoms. The van der Waals surface area contributed by atoms with Crippen LogP contribution in [0, 0.1) is 5.92 Å². The number of anilines is 1. The van der Waals surface area contributed by atoms with Gasteiger partial charge in [0.2, 0.25) is 11.8 Å². The van der Waals surface area contributed by atoms with Crippen molar-refractivity contribution in [3.63, 3.8) is 0 Å². The Morgan fingerprint density at radius 2 is 1.44 bits per heavy atom. The molecule has 4 amide bonds. The van der Waals surface area contributed by atoms with Gasteiger partial charge in [0.25, 0.3) is 0 Å². The van der Waals surface area contributed by atoms with E-state index in [0.29, 0.717) is 43.4 Å². The van der Waals surface area contributed by atoms with Crippen LogP contribution in [0.3, 0.4) is 0 Å². The normalized spacial score (nSPS) is 22.5. The van der Waals surface area contributed by atoms with E-state index in [4.69, 9.17) is 11.6 Å². The first kappa shape index (κ1) is 22.9. The molecule has 1 aromatic carbocycles. The van der Waals surface area contributed by atoms with Gasteiger partial charge < -0.3 is 20.0 Å². The Bertz CT molecular complexity index is 825. The van der Waals surface area contributed by atoms with E-state index in [2.05, 4.69) is 5.32 Å². The summed E-state index contributed by atoms with van der Waals surface area (Å²) in [6.07, 6.45) is 7.71. The Balaban J connectivity index is 1.33. The van der Waals surface area contributed by atoms with Gasteiger partial charge in [-0.25, -0.2) is 4.79 Å². The number of urea groups is 1. The molecule has 3 fully saturated rings. The number of halogens is 1. The average Bonchev–Trinajstić information content (AvgIpc) is 3.17. The van der Waals surface area contributed by atoms with Crippen molar-refractivity contribution >= 4 is 35.1 Å². The molecule has 1 saturated carbocycles. The summed E-state index contributed by atoms with van der Waals surface area (Å²) in [5, 5.41) is 3.52. The highest BCUT2D eigenvalue weighted by atomic mass is 35.5. The molecule has 1 atom stereocenters. The van der Waals surface area contributed by atoms with Gasteiger partial charge in [-0.15, -0.1) is 0 Å². The molecule has 4 rings (SSSR count). The van der Waals surface area contributed by atoms with E-state index in [-0.39, 0.29) is 29.8 Å². The van der Waals surface area contributed by atoms with Crippen molar-refractivity contribution in [1.29, 1.82) is 0 Å². The fraction of sp³-hybridized carbons (Fsp3) is 0.625. The predicted octanol–water partition coefficient (Wildman–Crippen LogP) is 3.98. The second-order valence-corrected chi connectivity index (χ2v) is 9.56. The van der Waals surface area contributed by atoms with Crippen LogP contribution in [0.4, 0.5) is 10.5 Å². The highest BCUT2D eigenvalue weighted by Crippen LogP contribution is 2.29. The minimum absolute atomic E-state index is 0.0478. The van der Waals surface area contributed by atoms with Gasteiger partial charge in [0.1, 0.15) is 6.04 Å². The van der Waals surface area contributed by atoms with Gasteiger partial charge in [-0.05, 0) is 56.4 Å². The SMILES string of the molecule is O=C(Nc1ccc(Cl)cc1)N1CCCN(C(=O)C2CCCN2C(=O)C2CCCCC2)CC1. The van der Waals surface area contributed by atoms with Crippen LogP contribution in [-0.2, 0) is 9.59 Å². The lowest BCUT2D eigenvalue weighted by atomic mass is 9.88. The fourth-order valence-corrected chi connectivity index (χ4v) is 5.28. The highest BCUT2D eigenvalue weighted by molar-refractivity contribution is 6.30. The molecule has 8 heteroatoms. The molecule has 1 aromatic rings. The summed E-state index contributed by atoms with van der Waals surface area (Å²) < 4.78 is 0. The number of hydrogen-bond donors (Lipinski definition) is 1. The minimum Gasteiger partial charge on any atom is -0.339 e. The van der Waals surface area contributed by atoms with Crippen LogP contribution in [0.2, 0.25) is 5.02 Å². The molecule has 7 nitrogen and oxygen atoms in total. The van der Waals surface area contributed by atoms with E-state index in [1.807, 2.05) is 9.80 Å². The monoisotopic (exact) mass is 460 g/mol. The summed E-state index contributed by atoms with van der Waals surface area (Å²) in [6, 6.07) is 6.51. The van der Waals surface area contributed by atoms with Gasteiger partial charge in [-0.1, -0.05) is 30.9 Å². The predicted molar refractivity (Wildman–Crippen MR) is 125 cm³/mol. The molecule has 0 spiro atoms. The maximum atomic E-state index is 13.4. The Labute approximate surface area is 195 Å². The summed E-state index contributed by atoms with van der Waals surface area (Å²) in [6.45, 7) is 2.88. The standard InChI is InChI=1S/C24H33ClN4O3/c25-19-9-11-20(12-10-19)26-24(32)28-14-5-13-27(16-17-28)23(31)21-8-4-15-29(21)22(30)18-6-2-1-3-7-18/h9-12,18,21H,1-8,13-17H2,(H,26,32). The van der Waals surface area contributed by atoms with Gasteiger partial charge in [-0.2, -0.15) is 0 Å². The van der Waals surface area contributed by atoms with Crippen LogP contribution in [-0.4, -0.2) is 71.3 Å². The van der Waals surface area contributed by atoms with Crippen molar-refractivity contribution < 1.29 is 14.4 Å². The van der Waals surface area contributed by atoms with Crippen molar-refractivity contribution in [2.75, 3.05) is 38.0 Å². The zero-order valence-electron chi connectivity index (χ0n) is 18.6. The molecule has 0 radical (unpaired) electrons. The molecule has 1 aliphatic carbocycles. The van der Waals surface area contributed by atoms with E-state index in [0.717, 1.165) is 44.9 Å². The van der Waals surface area contributed by atoms with Crippen molar-refractivity contribution in [3.05, 3.63) is 29.3 Å². The summed E-state index contributed by atoms with van der Waals surface area (Å²) in [5.74, 6) is 0.319. The van der Waals surface area contributed by atoms with E-state index in [1.54, 1.807) is 29.2 Å². The first-order chi connectivity index (χ1) is 15.5. The Kier molecular flexibility index (Phi) is 7.55. The summed E-state index contributed by atoms with van der Waals surface area (Å²) in [4.78, 5) is 44.6. The second-order valence-electron chi connectivity index (χ2n) is 9.13. The lowest BCUT2D eigenvalue weighted by molar-refractivity contribution is -0.146. The topological polar surface area (TPSA) is 73.0 Å². The number of carbonyl (C=O) groups excluding carboxylic acids is 3. The van der Waals surface area contributed by atoms with Crippen molar-refractivity contribution in [2.45, 2.75) is 57.4 Å². The van der Waals surface area contributed by atoms with E-state index in [9.17, 15) is 14.4 Å². The third kappa shape index (κ3) is 5.37. The Morgan fingerprint density at radius 3 is 2.19 bits per heavy atom. The number of nitrogens with zero attached hydrogens (tertiary/aromatic N) is 3. The summed E-state index contributed by atoms with van der Waals surface area (Å²) in [5.41, 5.74) is 0.694. The first-order valence-electron chi connectivity index (χ1n) is 11.9. The Hall–Kier alpha value is -2.28. The number of carbonyl (C=O) groups is 3. The van der Waals surface area contributed by atoms with Gasteiger partial charge in [0.15, 0.2) is 0 Å². The number of likely N-dealkylation sites (tertiary alicyclic amines) is 1. The summed E-state index contributed by atoms with van der Waals surface area (Å²) in [7, 11) is 0. The number of benzene rings is 1. The smallest absolute Gasteiger partial charge is 0.321 e. The van der Waals surface area contributed by atoms with Crippen LogP contribution in [0.25, 0.3) is 0 Å². The molecule has 174 valence electrons. The lowest BCUT2D eigenvalue weighted by Gasteiger charge is -2.33. The molecule has 2 saturated heterocycles. The molecule has 32 heavy (non-hydrogen) atoms. The molecular formula is C24H33ClN4O3. The lowest BCUT2D eigenvalue weighted by Crippen LogP contribution is -2.50. The number of amides is 4. The zero-order chi connectivity index (χ0) is 22.5. The number of rotatable bonds is 3. The number of hydrogen-bond acceptors (Lipinski definition) is 3. The van der Waals surface area contributed by atoms with Crippen LogP contribution < -0.4 is 5.32 Å². The molecule has 2 heterocycles. The minimum atomic E-state index is -0.334. The highest BCUT2D eigenvalue weighted by Gasteiger charge is 2.39. The van der Waals surface area contributed by atoms with Gasteiger partial charge >= 0.3 is 6.03 Å². The van der Waals surface area contributed by atoms with Crippen LogP contribution in [0.1, 0.15) is 51.4 Å². The maximum Gasteiger partial charge on any atom is 0.321 e. The molecule has 0 aromatic heterocycles. The second kappa shape index (κ2) is 10.6. The third-order valence-electron chi connectivity index (χ3n) is 6.97. The quantitative estimate of drug-likeness (QED) is 0.741. The van der Waals surface area contributed by atoms with Crippen molar-refractivity contribution in [1.82, 2.24) is 14.7 Å². The molecule has 3 aliphatic rings. The van der Waals surface area contributed by atoms with Gasteiger partial charge in [0, 0.05) is 49.4 Å². The maximum absolute atomic E-state index is 13.4. The summed E-state index contributed by atoms with van der Waals surface area (Å²) >= 11 is 5.91. The Morgan fingerprint density at radius 1 is 0.750 bits per heavy atom. The van der Waals surface area contributed by atoms with Gasteiger partial charge in [-0.3, -0.25) is 9.59 Å². The average molecular weight is 461 g/mol. The fourth-order valence-electron chi connectivity index (χ4n) is 5.16. The van der Waals surface area contributed by atoms with Crippen LogP contribution in [0.15, 0.2) is 24.3 Å². The molecule has 1 N–H and O–H groups in total.